The van der Waals surface area contributed by atoms with Gasteiger partial charge < -0.3 is 29.7 Å². The number of carbonyl (C=O) groups is 1. The molecule has 9 heteroatoms. The van der Waals surface area contributed by atoms with E-state index in [0.29, 0.717) is 47.7 Å². The number of hydrogen-bond donors (Lipinski definition) is 3. The van der Waals surface area contributed by atoms with Crippen LogP contribution in [0.15, 0.2) is 29.1 Å². The molecule has 0 spiro atoms. The second-order valence-corrected chi connectivity index (χ2v) is 8.57. The fraction of sp³-hybridized carbons (Fsp3) is 0.360. The highest BCUT2D eigenvalue weighted by atomic mass is 16.6. The second kappa shape index (κ2) is 8.34. The van der Waals surface area contributed by atoms with Crippen molar-refractivity contribution >= 4 is 23.1 Å². The van der Waals surface area contributed by atoms with Crippen LogP contribution < -0.4 is 10.3 Å². The van der Waals surface area contributed by atoms with Gasteiger partial charge in [0.25, 0.3) is 5.56 Å². The molecule has 3 N–H and O–H groups in total. The normalized spacial score (nSPS) is 18.3. The van der Waals surface area contributed by atoms with E-state index in [-0.39, 0.29) is 42.9 Å². The fourth-order valence-corrected chi connectivity index (χ4v) is 4.70. The molecule has 5 rings (SSSR count). The number of aliphatic hydroxyl groups excluding tert-OH is 1. The number of aromatic nitrogens is 2. The number of nitrogens with one attached hydrogen (secondary N) is 1. The van der Waals surface area contributed by atoms with E-state index in [1.807, 2.05) is 6.07 Å². The highest BCUT2D eigenvalue weighted by molar-refractivity contribution is 5.95. The Morgan fingerprint density at radius 3 is 2.82 bits per heavy atom. The van der Waals surface area contributed by atoms with Gasteiger partial charge in [-0.3, -0.25) is 4.79 Å². The first kappa shape index (κ1) is 22.2. The Morgan fingerprint density at radius 2 is 2.09 bits per heavy atom. The Kier molecular flexibility index (Phi) is 5.45. The Labute approximate surface area is 195 Å². The van der Waals surface area contributed by atoms with Crippen molar-refractivity contribution in [3.05, 3.63) is 56.9 Å². The van der Waals surface area contributed by atoms with E-state index in [1.165, 1.54) is 6.21 Å². The smallest absolute Gasteiger partial charge is 0.343 e. The third kappa shape index (κ3) is 3.23. The number of unbranched alkanes of at least 4 members (excludes halogenated alkanes) is 1. The molecule has 0 saturated heterocycles. The lowest BCUT2D eigenvalue weighted by atomic mass is 9.86. The van der Waals surface area contributed by atoms with E-state index in [9.17, 15) is 14.7 Å². The highest BCUT2D eigenvalue weighted by Crippen LogP contribution is 2.43. The zero-order valence-electron chi connectivity index (χ0n) is 18.8. The van der Waals surface area contributed by atoms with Gasteiger partial charge in [-0.25, -0.2) is 9.78 Å². The maximum Gasteiger partial charge on any atom is 0.343 e. The Balaban J connectivity index is 1.73. The Bertz CT molecular complexity index is 1400. The molecule has 0 amide bonds. The number of rotatable bonds is 7. The lowest BCUT2D eigenvalue weighted by Crippen LogP contribution is -2.44. The van der Waals surface area contributed by atoms with Gasteiger partial charge in [-0.05, 0) is 43.0 Å². The van der Waals surface area contributed by atoms with Gasteiger partial charge in [0.1, 0.15) is 12.4 Å². The molecule has 0 unspecified atom stereocenters. The van der Waals surface area contributed by atoms with Crippen LogP contribution in [0.4, 0.5) is 0 Å². The van der Waals surface area contributed by atoms with E-state index in [4.69, 9.17) is 25.0 Å². The molecule has 1 atom stereocenters. The predicted molar refractivity (Wildman–Crippen MR) is 124 cm³/mol. The minimum absolute atomic E-state index is 0.0734. The third-order valence-electron chi connectivity index (χ3n) is 6.62. The Hall–Kier alpha value is -3.56. The number of ether oxygens (including phenoxy) is 2. The van der Waals surface area contributed by atoms with Crippen LogP contribution in [0.25, 0.3) is 22.3 Å². The summed E-state index contributed by atoms with van der Waals surface area (Å²) < 4.78 is 12.9. The standard InChI is InChI=1S/C25H25N3O6/c1-2-25(32)18-10-20-21-16(12-28(20)23(30)17(18)13-34-24(25)31)22(33-8-4-3-7-29)15-9-14(11-26)5-6-19(15)27-21/h5-6,9-11,26,29,32H,2-4,7-8,12-13H2,1H3/t25-/m0/s1. The first-order valence-electron chi connectivity index (χ1n) is 11.3. The van der Waals surface area contributed by atoms with Crippen molar-refractivity contribution in [2.45, 2.75) is 44.9 Å². The average Bonchev–Trinajstić information content (AvgIpc) is 3.22. The number of pyridine rings is 2. The number of nitrogens with zero attached hydrogens (tertiary/aromatic N) is 2. The summed E-state index contributed by atoms with van der Waals surface area (Å²) in [6.07, 6.45) is 2.58. The van der Waals surface area contributed by atoms with Crippen LogP contribution in [-0.4, -0.2) is 45.2 Å². The molecule has 2 aliphatic heterocycles. The minimum atomic E-state index is -1.88. The third-order valence-corrected chi connectivity index (χ3v) is 6.62. The van der Waals surface area contributed by atoms with Crippen molar-refractivity contribution in [1.82, 2.24) is 9.55 Å². The van der Waals surface area contributed by atoms with Crippen LogP contribution in [0.2, 0.25) is 0 Å². The van der Waals surface area contributed by atoms with E-state index in [0.717, 1.165) is 10.9 Å². The number of carbonyl (C=O) groups excluding carboxylic acids is 1. The van der Waals surface area contributed by atoms with Crippen molar-refractivity contribution in [2.75, 3.05) is 13.2 Å². The van der Waals surface area contributed by atoms with Crippen molar-refractivity contribution in [2.24, 2.45) is 0 Å². The summed E-state index contributed by atoms with van der Waals surface area (Å²) in [5, 5.41) is 28.5. The van der Waals surface area contributed by atoms with Gasteiger partial charge in [-0.15, -0.1) is 0 Å². The van der Waals surface area contributed by atoms with Crippen LogP contribution in [0.3, 0.4) is 0 Å². The second-order valence-electron chi connectivity index (χ2n) is 8.57. The SMILES string of the molecule is CC[C@@]1(O)C(=O)OCc2c1cc1n(c2=O)Cc2c-1nc1ccc(C=N)cc1c2OCCCCO. The summed E-state index contributed by atoms with van der Waals surface area (Å²) in [5.74, 6) is -0.176. The molecule has 0 saturated carbocycles. The predicted octanol–water partition coefficient (Wildman–Crippen LogP) is 2.23. The summed E-state index contributed by atoms with van der Waals surface area (Å²) in [6.45, 7) is 2.15. The summed E-state index contributed by atoms with van der Waals surface area (Å²) >= 11 is 0. The van der Waals surface area contributed by atoms with Crippen molar-refractivity contribution < 1.29 is 24.5 Å². The van der Waals surface area contributed by atoms with Crippen LogP contribution in [0, 0.1) is 5.41 Å². The molecule has 0 bridgehead atoms. The fourth-order valence-electron chi connectivity index (χ4n) is 4.70. The molecule has 1 aromatic carbocycles. The average molecular weight is 463 g/mol. The van der Waals surface area contributed by atoms with E-state index >= 15 is 0 Å². The zero-order valence-corrected chi connectivity index (χ0v) is 18.8. The molecular formula is C25H25N3O6. The monoisotopic (exact) mass is 463 g/mol. The van der Waals surface area contributed by atoms with Gasteiger partial charge >= 0.3 is 5.97 Å². The highest BCUT2D eigenvalue weighted by Gasteiger charge is 2.45. The van der Waals surface area contributed by atoms with Gasteiger partial charge in [0.2, 0.25) is 0 Å². The minimum Gasteiger partial charge on any atom is -0.492 e. The number of hydrogen-bond acceptors (Lipinski definition) is 8. The van der Waals surface area contributed by atoms with Crippen LogP contribution in [0.5, 0.6) is 5.75 Å². The summed E-state index contributed by atoms with van der Waals surface area (Å²) in [5.41, 5.74) is 1.45. The largest absolute Gasteiger partial charge is 0.492 e. The van der Waals surface area contributed by atoms with Crippen LogP contribution >= 0.6 is 0 Å². The van der Waals surface area contributed by atoms with E-state index in [2.05, 4.69) is 0 Å². The molecule has 0 fully saturated rings. The summed E-state index contributed by atoms with van der Waals surface area (Å²) in [7, 11) is 0. The van der Waals surface area contributed by atoms with E-state index in [1.54, 1.807) is 29.7 Å². The molecule has 3 aromatic rings. The quantitative estimate of drug-likeness (QED) is 0.217. The molecule has 0 aliphatic carbocycles. The zero-order chi connectivity index (χ0) is 24.0. The van der Waals surface area contributed by atoms with Gasteiger partial charge in [0.05, 0.1) is 35.6 Å². The van der Waals surface area contributed by atoms with Gasteiger partial charge in [-0.1, -0.05) is 13.0 Å². The maximum absolute atomic E-state index is 13.4. The van der Waals surface area contributed by atoms with Crippen molar-refractivity contribution in [3.63, 3.8) is 0 Å². The summed E-state index contributed by atoms with van der Waals surface area (Å²) in [6, 6.07) is 7.09. The Morgan fingerprint density at radius 1 is 1.26 bits per heavy atom. The molecule has 2 aliphatic rings. The molecular weight excluding hydrogens is 438 g/mol. The van der Waals surface area contributed by atoms with Gasteiger partial charge in [0, 0.05) is 29.3 Å². The number of aliphatic hydroxyl groups is 2. The van der Waals surface area contributed by atoms with E-state index < -0.39 is 11.6 Å². The van der Waals surface area contributed by atoms with Gasteiger partial charge in [-0.2, -0.15) is 0 Å². The number of benzene rings is 1. The van der Waals surface area contributed by atoms with Crippen molar-refractivity contribution in [1.29, 1.82) is 5.41 Å². The first-order chi connectivity index (χ1) is 16.4. The van der Waals surface area contributed by atoms with Crippen LogP contribution in [0.1, 0.15) is 48.4 Å². The van der Waals surface area contributed by atoms with Gasteiger partial charge in [0.15, 0.2) is 5.60 Å². The topological polar surface area (TPSA) is 135 Å². The van der Waals surface area contributed by atoms with Crippen LogP contribution in [-0.2, 0) is 28.3 Å². The number of esters is 1. The van der Waals surface area contributed by atoms with Crippen molar-refractivity contribution in [3.8, 4) is 17.1 Å². The molecule has 0 radical (unpaired) electrons. The number of fused-ring (bicyclic) bond motifs is 5. The lowest BCUT2D eigenvalue weighted by Gasteiger charge is -2.31. The first-order valence-corrected chi connectivity index (χ1v) is 11.3. The lowest BCUT2D eigenvalue weighted by molar-refractivity contribution is -0.172. The molecule has 4 heterocycles. The molecule has 2 aromatic heterocycles. The summed E-state index contributed by atoms with van der Waals surface area (Å²) in [4.78, 5) is 30.6. The molecule has 176 valence electrons. The molecule has 9 nitrogen and oxygen atoms in total. The maximum atomic E-state index is 13.4. The molecule has 34 heavy (non-hydrogen) atoms. The number of cyclic esters (lactones) is 1.